The summed E-state index contributed by atoms with van der Waals surface area (Å²) in [5, 5.41) is 17.7. The van der Waals surface area contributed by atoms with E-state index in [2.05, 4.69) is 19.5 Å². The zero-order valence-electron chi connectivity index (χ0n) is 18.1. The number of benzene rings is 1. The summed E-state index contributed by atoms with van der Waals surface area (Å²) in [6.07, 6.45) is 2.20. The van der Waals surface area contributed by atoms with Crippen molar-refractivity contribution in [2.45, 2.75) is 35.0 Å². The van der Waals surface area contributed by atoms with Crippen LogP contribution in [0.15, 0.2) is 69.4 Å². The van der Waals surface area contributed by atoms with Gasteiger partial charge in [-0.1, -0.05) is 18.2 Å². The summed E-state index contributed by atoms with van der Waals surface area (Å²) >= 11 is 0. The Morgan fingerprint density at radius 2 is 1.89 bits per heavy atom. The van der Waals surface area contributed by atoms with E-state index in [1.54, 1.807) is 18.2 Å². The molecular formula is C21H22N4O8S2. The highest BCUT2D eigenvalue weighted by Crippen LogP contribution is 2.30. The average Bonchev–Trinajstić information content (AvgIpc) is 3.45. The van der Waals surface area contributed by atoms with Gasteiger partial charge in [0.1, 0.15) is 12.1 Å². The number of ketones is 1. The first-order valence-corrected chi connectivity index (χ1v) is 13.4. The Kier molecular flexibility index (Phi) is 7.00. The smallest absolute Gasteiger partial charge is 0.333 e. The van der Waals surface area contributed by atoms with Gasteiger partial charge < -0.3 is 14.8 Å². The number of aromatic nitrogens is 2. The van der Waals surface area contributed by atoms with E-state index in [0.29, 0.717) is 6.42 Å². The molecule has 1 aromatic carbocycles. The molecule has 35 heavy (non-hydrogen) atoms. The van der Waals surface area contributed by atoms with Crippen molar-refractivity contribution in [3.63, 3.8) is 0 Å². The summed E-state index contributed by atoms with van der Waals surface area (Å²) in [6.45, 7) is -0.279. The van der Waals surface area contributed by atoms with Crippen LogP contribution in [0.1, 0.15) is 29.0 Å². The van der Waals surface area contributed by atoms with E-state index in [1.807, 2.05) is 0 Å². The number of furan rings is 1. The van der Waals surface area contributed by atoms with Crippen molar-refractivity contribution >= 4 is 31.7 Å². The van der Waals surface area contributed by atoms with E-state index in [0.717, 1.165) is 0 Å². The molecule has 2 aromatic heterocycles. The fraction of sp³-hybridized carbons (Fsp3) is 0.286. The number of anilines is 1. The van der Waals surface area contributed by atoms with E-state index >= 15 is 0 Å². The number of hydrogen-bond donors (Lipinski definition) is 3. The van der Waals surface area contributed by atoms with E-state index in [4.69, 9.17) is 9.56 Å². The summed E-state index contributed by atoms with van der Waals surface area (Å²) < 4.78 is 57.5. The molecule has 3 aromatic rings. The molecule has 12 nitrogen and oxygen atoms in total. The van der Waals surface area contributed by atoms with Crippen LogP contribution in [-0.2, 0) is 24.3 Å². The highest BCUT2D eigenvalue weighted by molar-refractivity contribution is 7.91. The molecule has 0 spiro atoms. The predicted octanol–water partition coefficient (Wildman–Crippen LogP) is 0.905. The monoisotopic (exact) mass is 522 g/mol. The van der Waals surface area contributed by atoms with Crippen molar-refractivity contribution in [2.24, 2.45) is 11.1 Å². The average molecular weight is 523 g/mol. The molecule has 3 atom stereocenters. The number of sulfone groups is 1. The molecule has 1 saturated carbocycles. The Morgan fingerprint density at radius 1 is 1.14 bits per heavy atom. The molecule has 0 bridgehead atoms. The standard InChI is InChI=1S/C21H22N4O8S2/c22-35(30,31)32-11-13-8-14(9-17(13)26)25-21-16(10-23-12-24-21)20(27)18-6-7-19(33-18)34(28,29)15-4-2-1-3-5-15/h1-7,10,12-14,17,26H,8-9,11H2,(H2,22,30,31)(H,23,24,25)/t13?,14-,17+/m1/s1. The van der Waals surface area contributed by atoms with Crippen molar-refractivity contribution in [1.29, 1.82) is 0 Å². The lowest BCUT2D eigenvalue weighted by Gasteiger charge is -2.15. The van der Waals surface area contributed by atoms with Gasteiger partial charge >= 0.3 is 10.3 Å². The number of carbonyl (C=O) groups excluding carboxylic acids is 1. The number of aliphatic hydroxyl groups is 1. The molecule has 1 aliphatic carbocycles. The van der Waals surface area contributed by atoms with Gasteiger partial charge in [0, 0.05) is 18.2 Å². The molecule has 4 N–H and O–H groups in total. The van der Waals surface area contributed by atoms with Gasteiger partial charge in [-0.25, -0.2) is 23.5 Å². The van der Waals surface area contributed by atoms with E-state index in [1.165, 1.54) is 36.8 Å². The maximum atomic E-state index is 13.1. The molecule has 186 valence electrons. The van der Waals surface area contributed by atoms with Crippen molar-refractivity contribution < 1.29 is 35.3 Å². The highest BCUT2D eigenvalue weighted by Gasteiger charge is 2.35. The Bertz CT molecular complexity index is 1420. The van der Waals surface area contributed by atoms with Gasteiger partial charge in [0.2, 0.25) is 20.7 Å². The molecule has 1 fully saturated rings. The van der Waals surface area contributed by atoms with E-state index < -0.39 is 37.9 Å². The van der Waals surface area contributed by atoms with Crippen LogP contribution >= 0.6 is 0 Å². The third-order valence-electron chi connectivity index (χ3n) is 5.53. The fourth-order valence-corrected chi connectivity index (χ4v) is 5.38. The zero-order chi connectivity index (χ0) is 25.2. The lowest BCUT2D eigenvalue weighted by Crippen LogP contribution is -2.24. The van der Waals surface area contributed by atoms with Crippen LogP contribution in [0, 0.1) is 5.92 Å². The molecular weight excluding hydrogens is 500 g/mol. The molecule has 0 saturated heterocycles. The Labute approximate surface area is 201 Å². The van der Waals surface area contributed by atoms with Crippen LogP contribution < -0.4 is 10.5 Å². The minimum Gasteiger partial charge on any atom is -0.441 e. The number of hydrogen-bond acceptors (Lipinski definition) is 11. The Balaban J connectivity index is 1.51. The van der Waals surface area contributed by atoms with Crippen LogP contribution in [0.3, 0.4) is 0 Å². The van der Waals surface area contributed by atoms with Crippen LogP contribution in [0.5, 0.6) is 0 Å². The number of nitrogens with zero attached hydrogens (tertiary/aromatic N) is 2. The maximum Gasteiger partial charge on any atom is 0.333 e. The molecule has 1 unspecified atom stereocenters. The highest BCUT2D eigenvalue weighted by atomic mass is 32.2. The van der Waals surface area contributed by atoms with E-state index in [-0.39, 0.29) is 46.2 Å². The first-order chi connectivity index (χ1) is 16.5. The lowest BCUT2D eigenvalue weighted by molar-refractivity contribution is 0.1000. The van der Waals surface area contributed by atoms with Gasteiger partial charge in [-0.2, -0.15) is 8.42 Å². The number of carbonyl (C=O) groups is 1. The van der Waals surface area contributed by atoms with Gasteiger partial charge in [0.25, 0.3) is 0 Å². The van der Waals surface area contributed by atoms with Crippen molar-refractivity contribution in [3.8, 4) is 0 Å². The largest absolute Gasteiger partial charge is 0.441 e. The molecule has 0 radical (unpaired) electrons. The topological polar surface area (TPSA) is 192 Å². The number of rotatable bonds is 9. The molecule has 4 rings (SSSR count). The second-order valence-electron chi connectivity index (χ2n) is 7.97. The minimum atomic E-state index is -4.14. The van der Waals surface area contributed by atoms with Gasteiger partial charge in [-0.15, -0.1) is 0 Å². The van der Waals surface area contributed by atoms with Gasteiger partial charge in [0.05, 0.1) is 23.2 Å². The summed E-state index contributed by atoms with van der Waals surface area (Å²) in [4.78, 5) is 21.1. The summed E-state index contributed by atoms with van der Waals surface area (Å²) in [5.74, 6) is -1.21. The molecule has 0 aliphatic heterocycles. The third-order valence-corrected chi connectivity index (χ3v) is 7.63. The molecule has 0 amide bonds. The van der Waals surface area contributed by atoms with Crippen LogP contribution in [0.2, 0.25) is 0 Å². The Hall–Kier alpha value is -3.17. The number of nitrogens with two attached hydrogens (primary N) is 1. The number of nitrogens with one attached hydrogen (secondary N) is 1. The second kappa shape index (κ2) is 9.83. The normalized spacial score (nSPS) is 20.6. The van der Waals surface area contributed by atoms with Crippen molar-refractivity contribution in [3.05, 3.63) is 66.3 Å². The molecule has 1 aliphatic rings. The zero-order valence-corrected chi connectivity index (χ0v) is 19.8. The Morgan fingerprint density at radius 3 is 2.60 bits per heavy atom. The van der Waals surface area contributed by atoms with Crippen molar-refractivity contribution in [2.75, 3.05) is 11.9 Å². The van der Waals surface area contributed by atoms with Gasteiger partial charge in [-0.05, 0) is 37.1 Å². The quantitative estimate of drug-likeness (QED) is 0.338. The van der Waals surface area contributed by atoms with Crippen LogP contribution in [-0.4, -0.2) is 56.4 Å². The van der Waals surface area contributed by atoms with E-state index in [9.17, 15) is 26.7 Å². The minimum absolute atomic E-state index is 0.0273. The molecule has 14 heteroatoms. The van der Waals surface area contributed by atoms with Crippen LogP contribution in [0.25, 0.3) is 0 Å². The van der Waals surface area contributed by atoms with Crippen molar-refractivity contribution in [1.82, 2.24) is 9.97 Å². The SMILES string of the molecule is NS(=O)(=O)OCC1C[C@@H](Nc2ncncc2C(=O)c2ccc(S(=O)(=O)c3ccccc3)o2)C[C@@H]1O. The lowest BCUT2D eigenvalue weighted by atomic mass is 10.1. The summed E-state index contributed by atoms with van der Waals surface area (Å²) in [7, 11) is -8.08. The fourth-order valence-electron chi connectivity index (χ4n) is 3.82. The second-order valence-corrected chi connectivity index (χ2v) is 11.1. The summed E-state index contributed by atoms with van der Waals surface area (Å²) in [6, 6.07) is 9.78. The summed E-state index contributed by atoms with van der Waals surface area (Å²) in [5.41, 5.74) is 0.0317. The first-order valence-electron chi connectivity index (χ1n) is 10.4. The molecule has 2 heterocycles. The number of aliphatic hydroxyl groups excluding tert-OH is 1. The predicted molar refractivity (Wildman–Crippen MR) is 121 cm³/mol. The van der Waals surface area contributed by atoms with Gasteiger partial charge in [-0.3, -0.25) is 8.98 Å². The van der Waals surface area contributed by atoms with Gasteiger partial charge in [0.15, 0.2) is 5.76 Å². The van der Waals surface area contributed by atoms with Crippen LogP contribution in [0.4, 0.5) is 5.82 Å². The first kappa shape index (κ1) is 24.9. The maximum absolute atomic E-state index is 13.1. The third kappa shape index (κ3) is 5.74.